The van der Waals surface area contributed by atoms with Gasteiger partial charge in [0.1, 0.15) is 10.6 Å². The van der Waals surface area contributed by atoms with E-state index in [1.165, 1.54) is 5.01 Å². The van der Waals surface area contributed by atoms with Crippen molar-refractivity contribution in [2.24, 2.45) is 5.10 Å². The van der Waals surface area contributed by atoms with Gasteiger partial charge in [-0.3, -0.25) is 4.79 Å². The third kappa shape index (κ3) is 2.20. The summed E-state index contributed by atoms with van der Waals surface area (Å²) in [5, 5.41) is 5.57. The first-order chi connectivity index (χ1) is 8.34. The molecule has 1 aromatic carbocycles. The van der Waals surface area contributed by atoms with Crippen LogP contribution < -0.4 is 0 Å². The number of nitrogens with zero attached hydrogens (tertiary/aromatic N) is 2. The number of hydrogen-bond acceptors (Lipinski definition) is 3. The molecule has 2 unspecified atom stereocenters. The van der Waals surface area contributed by atoms with E-state index in [2.05, 4.69) is 21.0 Å². The number of carbonyl (C=O) groups is 1. The Morgan fingerprint density at radius 3 is 2.67 bits per heavy atom. The van der Waals surface area contributed by atoms with Gasteiger partial charge in [-0.2, -0.15) is 5.10 Å². The monoisotopic (exact) mass is 328 g/mol. The zero-order chi connectivity index (χ0) is 13.5. The number of benzene rings is 1. The second-order valence-corrected chi connectivity index (χ2v) is 7.23. The predicted octanol–water partition coefficient (Wildman–Crippen LogP) is 1.75. The topological polar surface area (TPSA) is 55.7 Å². The van der Waals surface area contributed by atoms with E-state index in [1.807, 2.05) is 12.1 Å². The summed E-state index contributed by atoms with van der Waals surface area (Å²) in [5.41, 5.74) is 1.45. The zero-order valence-electron chi connectivity index (χ0n) is 10.3. The molecule has 96 valence electrons. The van der Waals surface area contributed by atoms with Crippen LogP contribution in [-0.2, 0) is 16.0 Å². The van der Waals surface area contributed by atoms with E-state index in [0.29, 0.717) is 5.71 Å². The molecule has 2 atom stereocenters. The normalized spacial score (nSPS) is 25.3. The Morgan fingerprint density at radius 1 is 1.50 bits per heavy atom. The standard InChI is InChI=1S/C12H13BrN2O2S/c1-12(13)10(14-15(2)11(12)16)8-5-4-6-9(7-8)18(3)17/h4-7H,1-3H3. The number of rotatable bonds is 2. The van der Waals surface area contributed by atoms with Gasteiger partial charge in [0.15, 0.2) is 4.90 Å². The number of halogens is 1. The Bertz CT molecular complexity index is 529. The summed E-state index contributed by atoms with van der Waals surface area (Å²) in [5.74, 6) is -0.111. The summed E-state index contributed by atoms with van der Waals surface area (Å²) in [4.78, 5) is 12.7. The van der Waals surface area contributed by atoms with Crippen LogP contribution in [0.2, 0.25) is 0 Å². The van der Waals surface area contributed by atoms with Gasteiger partial charge < -0.3 is 4.55 Å². The van der Waals surface area contributed by atoms with Crippen LogP contribution in [-0.4, -0.2) is 38.8 Å². The smallest absolute Gasteiger partial charge is 0.265 e. The molecule has 1 aromatic rings. The maximum atomic E-state index is 11.9. The second-order valence-electron chi connectivity index (χ2n) is 4.26. The molecular weight excluding hydrogens is 316 g/mol. The quantitative estimate of drug-likeness (QED) is 0.613. The first-order valence-corrected chi connectivity index (χ1v) is 7.69. The van der Waals surface area contributed by atoms with Crippen molar-refractivity contribution in [3.8, 4) is 0 Å². The molecule has 0 N–H and O–H groups in total. The molecule has 0 spiro atoms. The summed E-state index contributed by atoms with van der Waals surface area (Å²) >= 11 is 2.36. The Hall–Kier alpha value is -0.850. The third-order valence-corrected chi connectivity index (χ3v) is 4.46. The second kappa shape index (κ2) is 4.68. The van der Waals surface area contributed by atoms with Crippen LogP contribution in [0.4, 0.5) is 0 Å². The highest BCUT2D eigenvalue weighted by atomic mass is 79.9. The molecule has 0 fully saturated rings. The van der Waals surface area contributed by atoms with E-state index < -0.39 is 15.5 Å². The van der Waals surface area contributed by atoms with Crippen molar-refractivity contribution < 1.29 is 9.35 Å². The van der Waals surface area contributed by atoms with Crippen molar-refractivity contribution in [2.45, 2.75) is 16.1 Å². The molecule has 1 aliphatic heterocycles. The molecule has 0 aliphatic carbocycles. The van der Waals surface area contributed by atoms with Crippen LogP contribution in [0.1, 0.15) is 12.5 Å². The highest BCUT2D eigenvalue weighted by molar-refractivity contribution is 9.10. The number of carbonyl (C=O) groups excluding carboxylic acids is 1. The molecule has 1 aliphatic rings. The third-order valence-electron chi connectivity index (χ3n) is 2.83. The van der Waals surface area contributed by atoms with Crippen LogP contribution in [0.3, 0.4) is 0 Å². The first kappa shape index (κ1) is 13.6. The molecule has 0 bridgehead atoms. The highest BCUT2D eigenvalue weighted by Gasteiger charge is 2.44. The molecular formula is C12H13BrN2O2S. The average molecular weight is 329 g/mol. The summed E-state index contributed by atoms with van der Waals surface area (Å²) in [6.07, 6.45) is 1.63. The fourth-order valence-corrected chi connectivity index (χ4v) is 2.97. The molecule has 1 heterocycles. The van der Waals surface area contributed by atoms with Gasteiger partial charge in [0.25, 0.3) is 5.91 Å². The van der Waals surface area contributed by atoms with Gasteiger partial charge in [0.2, 0.25) is 0 Å². The van der Waals surface area contributed by atoms with E-state index >= 15 is 0 Å². The summed E-state index contributed by atoms with van der Waals surface area (Å²) in [6.45, 7) is 1.77. The van der Waals surface area contributed by atoms with Crippen molar-refractivity contribution in [3.05, 3.63) is 29.8 Å². The summed E-state index contributed by atoms with van der Waals surface area (Å²) in [7, 11) is 1.62. The average Bonchev–Trinajstić information content (AvgIpc) is 2.53. The van der Waals surface area contributed by atoms with Crippen LogP contribution in [0.25, 0.3) is 0 Å². The van der Waals surface area contributed by atoms with Crippen molar-refractivity contribution in [3.63, 3.8) is 0 Å². The Morgan fingerprint density at radius 2 is 2.17 bits per heavy atom. The van der Waals surface area contributed by atoms with Gasteiger partial charge in [-0.25, -0.2) is 5.01 Å². The Kier molecular flexibility index (Phi) is 3.53. The van der Waals surface area contributed by atoms with Gasteiger partial charge in [-0.1, -0.05) is 28.1 Å². The lowest BCUT2D eigenvalue weighted by Gasteiger charge is -2.16. The molecule has 0 saturated heterocycles. The van der Waals surface area contributed by atoms with E-state index in [-0.39, 0.29) is 5.91 Å². The van der Waals surface area contributed by atoms with Gasteiger partial charge in [-0.15, -0.1) is 0 Å². The minimum atomic E-state index is -1.05. The van der Waals surface area contributed by atoms with E-state index in [9.17, 15) is 9.35 Å². The molecule has 1 amide bonds. The van der Waals surface area contributed by atoms with Crippen LogP contribution in [0.5, 0.6) is 0 Å². The minimum absolute atomic E-state index is 0.111. The van der Waals surface area contributed by atoms with E-state index in [0.717, 1.165) is 10.5 Å². The van der Waals surface area contributed by atoms with Gasteiger partial charge in [0.05, 0.1) is 5.71 Å². The number of alkyl halides is 1. The molecule has 2 rings (SSSR count). The van der Waals surface area contributed by atoms with Crippen molar-refractivity contribution in [2.75, 3.05) is 13.3 Å². The summed E-state index contributed by atoms with van der Waals surface area (Å²) < 4.78 is 10.7. The lowest BCUT2D eigenvalue weighted by molar-refractivity contribution is -0.128. The van der Waals surface area contributed by atoms with E-state index in [4.69, 9.17) is 0 Å². The predicted molar refractivity (Wildman–Crippen MR) is 75.4 cm³/mol. The van der Waals surface area contributed by atoms with Crippen LogP contribution in [0, 0.1) is 0 Å². The van der Waals surface area contributed by atoms with Crippen molar-refractivity contribution >= 4 is 38.7 Å². The highest BCUT2D eigenvalue weighted by Crippen LogP contribution is 2.32. The summed E-state index contributed by atoms with van der Waals surface area (Å²) in [6, 6.07) is 7.29. The zero-order valence-corrected chi connectivity index (χ0v) is 12.7. The molecule has 0 radical (unpaired) electrons. The molecule has 18 heavy (non-hydrogen) atoms. The van der Waals surface area contributed by atoms with Crippen LogP contribution >= 0.6 is 15.9 Å². The Labute approximate surface area is 117 Å². The van der Waals surface area contributed by atoms with Gasteiger partial charge in [-0.05, 0) is 24.2 Å². The van der Waals surface area contributed by atoms with Gasteiger partial charge in [0, 0.05) is 18.7 Å². The van der Waals surface area contributed by atoms with Crippen molar-refractivity contribution in [1.82, 2.24) is 5.01 Å². The fraction of sp³-hybridized carbons (Fsp3) is 0.333. The van der Waals surface area contributed by atoms with Crippen molar-refractivity contribution in [1.29, 1.82) is 0 Å². The SMILES string of the molecule is CN1N=C(c2cccc([S+](C)[O-])c2)C(C)(Br)C1=O. The largest absolute Gasteiger partial charge is 0.612 e. The first-order valence-electron chi connectivity index (χ1n) is 5.34. The maximum Gasteiger partial charge on any atom is 0.265 e. The molecule has 0 saturated carbocycles. The van der Waals surface area contributed by atoms with Crippen LogP contribution in [0.15, 0.2) is 34.3 Å². The minimum Gasteiger partial charge on any atom is -0.612 e. The van der Waals surface area contributed by atoms with E-state index in [1.54, 1.807) is 32.4 Å². The molecule has 4 nitrogen and oxygen atoms in total. The van der Waals surface area contributed by atoms with Gasteiger partial charge >= 0.3 is 0 Å². The number of hydrazone groups is 1. The molecule has 0 aromatic heterocycles. The fourth-order valence-electron chi connectivity index (χ4n) is 1.85. The number of amides is 1. The maximum absolute atomic E-state index is 11.9. The lowest BCUT2D eigenvalue weighted by atomic mass is 9.98. The Balaban J connectivity index is 2.47. The number of hydrogen-bond donors (Lipinski definition) is 0. The lowest BCUT2D eigenvalue weighted by Crippen LogP contribution is -2.37. The molecule has 6 heteroatoms.